The number of carbonyl (C=O) groups is 1. The SMILES string of the molecule is COc1ccc2oc(C(=O)Nc3ccc(C)cc3O)c(C)c2c1. The van der Waals surface area contributed by atoms with E-state index in [1.165, 1.54) is 0 Å². The molecule has 1 amide bonds. The Morgan fingerprint density at radius 3 is 2.65 bits per heavy atom. The van der Waals surface area contributed by atoms with E-state index in [0.717, 1.165) is 16.5 Å². The van der Waals surface area contributed by atoms with Crippen molar-refractivity contribution in [2.75, 3.05) is 12.4 Å². The van der Waals surface area contributed by atoms with Gasteiger partial charge in [0.2, 0.25) is 0 Å². The molecule has 0 saturated carbocycles. The molecule has 3 aromatic rings. The van der Waals surface area contributed by atoms with Gasteiger partial charge in [-0.25, -0.2) is 0 Å². The van der Waals surface area contributed by atoms with Crippen molar-refractivity contribution >= 4 is 22.6 Å². The zero-order chi connectivity index (χ0) is 16.6. The number of fused-ring (bicyclic) bond motifs is 1. The van der Waals surface area contributed by atoms with Crippen molar-refractivity contribution in [3.05, 3.63) is 53.3 Å². The number of hydrogen-bond acceptors (Lipinski definition) is 4. The maximum atomic E-state index is 12.4. The number of nitrogens with one attached hydrogen (secondary N) is 1. The molecule has 2 N–H and O–H groups in total. The van der Waals surface area contributed by atoms with Crippen molar-refractivity contribution in [3.63, 3.8) is 0 Å². The highest BCUT2D eigenvalue weighted by Gasteiger charge is 2.19. The van der Waals surface area contributed by atoms with Crippen LogP contribution < -0.4 is 10.1 Å². The zero-order valence-electron chi connectivity index (χ0n) is 13.1. The van der Waals surface area contributed by atoms with Crippen molar-refractivity contribution in [3.8, 4) is 11.5 Å². The number of furan rings is 1. The number of aromatic hydroxyl groups is 1. The quantitative estimate of drug-likeness (QED) is 0.717. The first-order chi connectivity index (χ1) is 11.0. The second kappa shape index (κ2) is 5.68. The van der Waals surface area contributed by atoms with E-state index in [4.69, 9.17) is 9.15 Å². The van der Waals surface area contributed by atoms with Crippen LogP contribution in [0.4, 0.5) is 5.69 Å². The lowest BCUT2D eigenvalue weighted by molar-refractivity contribution is 0.0997. The number of anilines is 1. The molecule has 5 heteroatoms. The summed E-state index contributed by atoms with van der Waals surface area (Å²) in [6, 6.07) is 10.4. The van der Waals surface area contributed by atoms with Gasteiger partial charge in [-0.1, -0.05) is 6.07 Å². The van der Waals surface area contributed by atoms with Crippen molar-refractivity contribution in [1.82, 2.24) is 0 Å². The maximum absolute atomic E-state index is 12.4. The van der Waals surface area contributed by atoms with Gasteiger partial charge in [0.05, 0.1) is 12.8 Å². The Hall–Kier alpha value is -2.95. The Balaban J connectivity index is 1.96. The minimum atomic E-state index is -0.406. The van der Waals surface area contributed by atoms with Gasteiger partial charge in [0, 0.05) is 10.9 Å². The first-order valence-electron chi connectivity index (χ1n) is 7.17. The second-order valence-corrected chi connectivity index (χ2v) is 5.39. The van der Waals surface area contributed by atoms with E-state index in [0.29, 0.717) is 17.0 Å². The third kappa shape index (κ3) is 2.73. The minimum Gasteiger partial charge on any atom is -0.506 e. The average molecular weight is 311 g/mol. The molecule has 23 heavy (non-hydrogen) atoms. The van der Waals surface area contributed by atoms with Crippen LogP contribution in [-0.2, 0) is 0 Å². The van der Waals surface area contributed by atoms with Gasteiger partial charge in [0.1, 0.15) is 17.1 Å². The average Bonchev–Trinajstić information content (AvgIpc) is 2.86. The smallest absolute Gasteiger partial charge is 0.291 e. The number of carbonyl (C=O) groups excluding carboxylic acids is 1. The van der Waals surface area contributed by atoms with Crippen molar-refractivity contribution < 1.29 is 19.1 Å². The summed E-state index contributed by atoms with van der Waals surface area (Å²) in [5.41, 5.74) is 2.59. The van der Waals surface area contributed by atoms with Gasteiger partial charge in [-0.2, -0.15) is 0 Å². The van der Waals surface area contributed by atoms with Gasteiger partial charge in [-0.3, -0.25) is 4.79 Å². The standard InChI is InChI=1S/C18H17NO4/c1-10-4-6-14(15(20)8-10)19-18(21)17-11(2)13-9-12(22-3)5-7-16(13)23-17/h4-9,20H,1-3H3,(H,19,21). The summed E-state index contributed by atoms with van der Waals surface area (Å²) in [6.45, 7) is 3.68. The monoisotopic (exact) mass is 311 g/mol. The summed E-state index contributed by atoms with van der Waals surface area (Å²) in [7, 11) is 1.59. The normalized spacial score (nSPS) is 10.7. The van der Waals surface area contributed by atoms with E-state index >= 15 is 0 Å². The number of rotatable bonds is 3. The molecule has 3 rings (SSSR count). The van der Waals surface area contributed by atoms with Crippen LogP contribution in [0.25, 0.3) is 11.0 Å². The van der Waals surface area contributed by atoms with Gasteiger partial charge in [0.25, 0.3) is 5.91 Å². The van der Waals surface area contributed by atoms with E-state index < -0.39 is 5.91 Å². The van der Waals surface area contributed by atoms with Gasteiger partial charge in [-0.05, 0) is 49.7 Å². The molecule has 0 unspecified atom stereocenters. The van der Waals surface area contributed by atoms with Crippen molar-refractivity contribution in [1.29, 1.82) is 0 Å². The Labute approximate surface area is 133 Å². The fourth-order valence-corrected chi connectivity index (χ4v) is 2.47. The molecule has 0 atom stereocenters. The molecule has 2 aromatic carbocycles. The Morgan fingerprint density at radius 2 is 1.96 bits per heavy atom. The summed E-state index contributed by atoms with van der Waals surface area (Å²) in [6.07, 6.45) is 0. The summed E-state index contributed by atoms with van der Waals surface area (Å²) in [5, 5.41) is 13.4. The van der Waals surface area contributed by atoms with Crippen LogP contribution in [0.5, 0.6) is 11.5 Å². The highest BCUT2D eigenvalue weighted by atomic mass is 16.5. The van der Waals surface area contributed by atoms with E-state index in [1.807, 2.05) is 26.0 Å². The molecule has 0 aliphatic carbocycles. The van der Waals surface area contributed by atoms with E-state index in [2.05, 4.69) is 5.32 Å². The van der Waals surface area contributed by atoms with Crippen LogP contribution in [-0.4, -0.2) is 18.1 Å². The minimum absolute atomic E-state index is 0.0220. The highest BCUT2D eigenvalue weighted by Crippen LogP contribution is 2.30. The number of phenolic OH excluding ortho intramolecular Hbond substituents is 1. The maximum Gasteiger partial charge on any atom is 0.291 e. The molecule has 5 nitrogen and oxygen atoms in total. The van der Waals surface area contributed by atoms with Crippen LogP contribution in [0.1, 0.15) is 21.7 Å². The van der Waals surface area contributed by atoms with Crippen LogP contribution in [0.3, 0.4) is 0 Å². The summed E-state index contributed by atoms with van der Waals surface area (Å²) < 4.78 is 10.8. The summed E-state index contributed by atoms with van der Waals surface area (Å²) >= 11 is 0. The molecule has 118 valence electrons. The lowest BCUT2D eigenvalue weighted by atomic mass is 10.1. The van der Waals surface area contributed by atoms with Crippen molar-refractivity contribution in [2.45, 2.75) is 13.8 Å². The predicted molar refractivity (Wildman–Crippen MR) is 88.3 cm³/mol. The van der Waals surface area contributed by atoms with Gasteiger partial charge in [-0.15, -0.1) is 0 Å². The largest absolute Gasteiger partial charge is 0.506 e. The number of methoxy groups -OCH3 is 1. The Kier molecular flexibility index (Phi) is 3.70. The molecule has 0 bridgehead atoms. The van der Waals surface area contributed by atoms with Gasteiger partial charge < -0.3 is 19.6 Å². The lowest BCUT2D eigenvalue weighted by Gasteiger charge is -2.07. The zero-order valence-corrected chi connectivity index (χ0v) is 13.1. The molecular weight excluding hydrogens is 294 g/mol. The Bertz CT molecular complexity index is 895. The third-order valence-corrected chi connectivity index (χ3v) is 3.75. The van der Waals surface area contributed by atoms with Crippen LogP contribution in [0.15, 0.2) is 40.8 Å². The first-order valence-corrected chi connectivity index (χ1v) is 7.17. The first kappa shape index (κ1) is 15.0. The fourth-order valence-electron chi connectivity index (χ4n) is 2.47. The van der Waals surface area contributed by atoms with Crippen LogP contribution in [0.2, 0.25) is 0 Å². The predicted octanol–water partition coefficient (Wildman–Crippen LogP) is 4.02. The number of benzene rings is 2. The molecule has 0 aliphatic heterocycles. The highest BCUT2D eigenvalue weighted by molar-refractivity contribution is 6.07. The molecule has 0 aliphatic rings. The Morgan fingerprint density at radius 1 is 1.17 bits per heavy atom. The lowest BCUT2D eigenvalue weighted by Crippen LogP contribution is -2.12. The van der Waals surface area contributed by atoms with Crippen LogP contribution in [0, 0.1) is 13.8 Å². The molecule has 0 radical (unpaired) electrons. The fraction of sp³-hybridized carbons (Fsp3) is 0.167. The summed E-state index contributed by atoms with van der Waals surface area (Å²) in [5.74, 6) is 0.531. The second-order valence-electron chi connectivity index (χ2n) is 5.39. The number of phenols is 1. The number of ether oxygens (including phenoxy) is 1. The van der Waals surface area contributed by atoms with E-state index in [1.54, 1.807) is 31.4 Å². The third-order valence-electron chi connectivity index (χ3n) is 3.75. The van der Waals surface area contributed by atoms with Gasteiger partial charge in [0.15, 0.2) is 5.76 Å². The molecule has 1 heterocycles. The number of amides is 1. The van der Waals surface area contributed by atoms with E-state index in [9.17, 15) is 9.90 Å². The topological polar surface area (TPSA) is 71.7 Å². The summed E-state index contributed by atoms with van der Waals surface area (Å²) in [4.78, 5) is 12.4. The molecule has 1 aromatic heterocycles. The number of hydrogen-bond donors (Lipinski definition) is 2. The van der Waals surface area contributed by atoms with Crippen LogP contribution >= 0.6 is 0 Å². The molecule has 0 saturated heterocycles. The van der Waals surface area contributed by atoms with E-state index in [-0.39, 0.29) is 11.5 Å². The molecule has 0 fully saturated rings. The van der Waals surface area contributed by atoms with Crippen molar-refractivity contribution in [2.24, 2.45) is 0 Å². The molecule has 0 spiro atoms. The van der Waals surface area contributed by atoms with Gasteiger partial charge >= 0.3 is 0 Å². The number of aryl methyl sites for hydroxylation is 2. The molecular formula is C18H17NO4.